The summed E-state index contributed by atoms with van der Waals surface area (Å²) in [7, 11) is 0. The molecule has 2 amide bonds. The van der Waals surface area contributed by atoms with Crippen LogP contribution in [-0.2, 0) is 16.1 Å². The molecule has 2 aromatic carbocycles. The Balaban J connectivity index is 1.51. The van der Waals surface area contributed by atoms with E-state index in [1.54, 1.807) is 17.7 Å². The summed E-state index contributed by atoms with van der Waals surface area (Å²) in [4.78, 5) is 26.5. The fourth-order valence-electron chi connectivity index (χ4n) is 2.99. The molecule has 0 saturated heterocycles. The Morgan fingerprint density at radius 2 is 1.93 bits per heavy atom. The van der Waals surface area contributed by atoms with Crippen LogP contribution in [-0.4, -0.2) is 43.8 Å². The lowest BCUT2D eigenvalue weighted by Crippen LogP contribution is -2.45. The fourth-order valence-corrected chi connectivity index (χ4v) is 3.84. The van der Waals surface area contributed by atoms with Gasteiger partial charge in [0.2, 0.25) is 17.0 Å². The largest absolute Gasteiger partial charge is 0.323 e. The summed E-state index contributed by atoms with van der Waals surface area (Å²) in [5.74, 6) is -0.375. The number of anilines is 2. The molecule has 0 bridgehead atoms. The lowest BCUT2D eigenvalue weighted by atomic mass is 10.2. The molecule has 28 heavy (non-hydrogen) atoms. The summed E-state index contributed by atoms with van der Waals surface area (Å²) in [6.45, 7) is 2.31. The minimum atomic E-state index is -0.459. The quantitative estimate of drug-likeness (QED) is 0.667. The van der Waals surface area contributed by atoms with E-state index in [2.05, 4.69) is 20.8 Å². The number of aromatic nitrogens is 4. The maximum Gasteiger partial charge on any atom is 0.244 e. The summed E-state index contributed by atoms with van der Waals surface area (Å²) in [5, 5.41) is 14.7. The van der Waals surface area contributed by atoms with Crippen LogP contribution in [0.4, 0.5) is 11.4 Å². The van der Waals surface area contributed by atoms with Gasteiger partial charge >= 0.3 is 0 Å². The van der Waals surface area contributed by atoms with Crippen LogP contribution >= 0.6 is 11.8 Å². The van der Waals surface area contributed by atoms with Gasteiger partial charge in [0.25, 0.3) is 0 Å². The average molecular weight is 394 g/mol. The van der Waals surface area contributed by atoms with Gasteiger partial charge in [0, 0.05) is 0 Å². The second kappa shape index (κ2) is 7.81. The van der Waals surface area contributed by atoms with E-state index in [0.29, 0.717) is 23.1 Å². The van der Waals surface area contributed by atoms with E-state index in [4.69, 9.17) is 0 Å². The second-order valence-electron chi connectivity index (χ2n) is 6.35. The number of carbonyl (C=O) groups excluding carboxylic acids is 2. The number of thioether (sulfide) groups is 1. The van der Waals surface area contributed by atoms with Crippen LogP contribution < -0.4 is 10.2 Å². The van der Waals surface area contributed by atoms with Gasteiger partial charge in [-0.1, -0.05) is 54.2 Å². The Hall–Kier alpha value is -3.20. The Kier molecular flexibility index (Phi) is 5.07. The third kappa shape index (κ3) is 3.74. The molecule has 0 saturated carbocycles. The molecule has 142 valence electrons. The number of hydrogen-bond acceptors (Lipinski definition) is 6. The van der Waals surface area contributed by atoms with Gasteiger partial charge in [0.1, 0.15) is 6.54 Å². The fraction of sp³-hybridized carbons (Fsp3) is 0.211. The summed E-state index contributed by atoms with van der Waals surface area (Å²) >= 11 is 1.28. The van der Waals surface area contributed by atoms with E-state index >= 15 is 0 Å². The topological polar surface area (TPSA) is 93.0 Å². The molecule has 0 aliphatic carbocycles. The highest BCUT2D eigenvalue weighted by Gasteiger charge is 2.30. The molecule has 1 aromatic heterocycles. The summed E-state index contributed by atoms with van der Waals surface area (Å²) in [6, 6.07) is 17.1. The lowest BCUT2D eigenvalue weighted by Gasteiger charge is -2.30. The first-order valence-corrected chi connectivity index (χ1v) is 9.67. The van der Waals surface area contributed by atoms with E-state index in [1.807, 2.05) is 48.5 Å². The van der Waals surface area contributed by atoms with Gasteiger partial charge in [0.15, 0.2) is 0 Å². The zero-order valence-corrected chi connectivity index (χ0v) is 16.0. The zero-order valence-electron chi connectivity index (χ0n) is 15.1. The molecule has 8 nitrogen and oxygen atoms in total. The molecule has 0 radical (unpaired) electrons. The monoisotopic (exact) mass is 394 g/mol. The van der Waals surface area contributed by atoms with E-state index < -0.39 is 5.25 Å². The number of fused-ring (bicyclic) bond motifs is 1. The Labute approximate surface area is 165 Å². The minimum absolute atomic E-state index is 0.00426. The standard InChI is InChI=1S/C19H18N6O2S/c1-13(18(27)24-12-17(26)20-15-9-5-6-10-16(15)24)28-19-21-22-23-25(19)11-14-7-3-2-4-8-14/h2-10,13H,11-12H2,1H3,(H,20,26). The summed E-state index contributed by atoms with van der Waals surface area (Å²) in [6.07, 6.45) is 0. The van der Waals surface area contributed by atoms with Crippen molar-refractivity contribution in [1.29, 1.82) is 0 Å². The van der Waals surface area contributed by atoms with Crippen molar-refractivity contribution in [3.8, 4) is 0 Å². The van der Waals surface area contributed by atoms with Gasteiger partial charge in [-0.25, -0.2) is 4.68 Å². The summed E-state index contributed by atoms with van der Waals surface area (Å²) in [5.41, 5.74) is 2.40. The number of rotatable bonds is 5. The van der Waals surface area contributed by atoms with E-state index in [1.165, 1.54) is 16.7 Å². The number of nitrogens with one attached hydrogen (secondary N) is 1. The molecule has 0 spiro atoms. The number of tetrazole rings is 1. The molecule has 9 heteroatoms. The number of nitrogens with zero attached hydrogens (tertiary/aromatic N) is 5. The molecule has 2 heterocycles. The molecule has 1 aliphatic heterocycles. The highest BCUT2D eigenvalue weighted by atomic mass is 32.2. The number of benzene rings is 2. The minimum Gasteiger partial charge on any atom is -0.323 e. The van der Waals surface area contributed by atoms with E-state index in [-0.39, 0.29) is 18.4 Å². The van der Waals surface area contributed by atoms with E-state index in [0.717, 1.165) is 5.56 Å². The Morgan fingerprint density at radius 3 is 2.75 bits per heavy atom. The van der Waals surface area contributed by atoms with Gasteiger partial charge in [-0.15, -0.1) is 5.10 Å². The normalized spacial score (nSPS) is 14.3. The third-order valence-corrected chi connectivity index (χ3v) is 5.40. The van der Waals surface area contributed by atoms with Crippen LogP contribution in [0.1, 0.15) is 12.5 Å². The molecule has 1 aliphatic rings. The van der Waals surface area contributed by atoms with Crippen molar-refractivity contribution >= 4 is 35.0 Å². The molecule has 1 atom stereocenters. The van der Waals surface area contributed by atoms with E-state index in [9.17, 15) is 9.59 Å². The predicted octanol–water partition coefficient (Wildman–Crippen LogP) is 2.19. The second-order valence-corrected chi connectivity index (χ2v) is 7.66. The average Bonchev–Trinajstić information content (AvgIpc) is 3.14. The van der Waals surface area contributed by atoms with Crippen LogP contribution in [0.2, 0.25) is 0 Å². The van der Waals surface area contributed by atoms with Crippen molar-refractivity contribution in [3.63, 3.8) is 0 Å². The van der Waals surface area contributed by atoms with Crippen molar-refractivity contribution < 1.29 is 9.59 Å². The highest BCUT2D eigenvalue weighted by Crippen LogP contribution is 2.31. The van der Waals surface area contributed by atoms with Gasteiger partial charge < -0.3 is 5.32 Å². The van der Waals surface area contributed by atoms with Crippen molar-refractivity contribution in [2.24, 2.45) is 0 Å². The first kappa shape index (κ1) is 18.2. The third-order valence-electron chi connectivity index (χ3n) is 4.34. The number of para-hydroxylation sites is 2. The maximum atomic E-state index is 13.0. The molecular formula is C19H18N6O2S. The maximum absolute atomic E-state index is 13.0. The highest BCUT2D eigenvalue weighted by molar-refractivity contribution is 8.00. The molecule has 3 aromatic rings. The molecule has 4 rings (SSSR count). The van der Waals surface area contributed by atoms with Crippen LogP contribution in [0.25, 0.3) is 0 Å². The predicted molar refractivity (Wildman–Crippen MR) is 106 cm³/mol. The number of amides is 2. The SMILES string of the molecule is CC(Sc1nnnn1Cc1ccccc1)C(=O)N1CC(=O)Nc2ccccc21. The lowest BCUT2D eigenvalue weighted by molar-refractivity contribution is -0.121. The Morgan fingerprint density at radius 1 is 1.18 bits per heavy atom. The first-order valence-electron chi connectivity index (χ1n) is 8.79. The molecule has 1 N–H and O–H groups in total. The molecule has 1 unspecified atom stereocenters. The van der Waals surface area contributed by atoms with Crippen LogP contribution in [0.3, 0.4) is 0 Å². The summed E-state index contributed by atoms with van der Waals surface area (Å²) < 4.78 is 1.67. The smallest absolute Gasteiger partial charge is 0.244 e. The van der Waals surface area contributed by atoms with Crippen LogP contribution in [0, 0.1) is 0 Å². The van der Waals surface area contributed by atoms with Crippen LogP contribution in [0.5, 0.6) is 0 Å². The van der Waals surface area contributed by atoms with Gasteiger partial charge in [-0.3, -0.25) is 14.5 Å². The van der Waals surface area contributed by atoms with Crippen LogP contribution in [0.15, 0.2) is 59.8 Å². The van der Waals surface area contributed by atoms with Crippen molar-refractivity contribution in [3.05, 3.63) is 60.2 Å². The first-order chi connectivity index (χ1) is 13.6. The zero-order chi connectivity index (χ0) is 19.5. The van der Waals surface area contributed by atoms with Crippen molar-refractivity contribution in [1.82, 2.24) is 20.2 Å². The molecule has 0 fully saturated rings. The Bertz CT molecular complexity index is 1010. The van der Waals surface area contributed by atoms with Gasteiger partial charge in [0.05, 0.1) is 23.2 Å². The van der Waals surface area contributed by atoms with Crippen molar-refractivity contribution in [2.45, 2.75) is 23.9 Å². The number of hydrogen-bond donors (Lipinski definition) is 1. The van der Waals surface area contributed by atoms with Gasteiger partial charge in [-0.2, -0.15) is 0 Å². The van der Waals surface area contributed by atoms with Crippen molar-refractivity contribution in [2.75, 3.05) is 16.8 Å². The molecular weight excluding hydrogens is 376 g/mol. The number of carbonyl (C=O) groups is 2. The van der Waals surface area contributed by atoms with Gasteiger partial charge in [-0.05, 0) is 35.0 Å².